The van der Waals surface area contributed by atoms with Crippen LogP contribution in [0.4, 0.5) is 4.39 Å². The summed E-state index contributed by atoms with van der Waals surface area (Å²) in [5.74, 6) is -0.272. The van der Waals surface area contributed by atoms with Gasteiger partial charge in [-0.1, -0.05) is 6.07 Å². The molecule has 0 saturated carbocycles. The highest BCUT2D eigenvalue weighted by atomic mass is 79.9. The van der Waals surface area contributed by atoms with Gasteiger partial charge in [0.15, 0.2) is 0 Å². The van der Waals surface area contributed by atoms with Crippen LogP contribution in [0, 0.1) is 5.82 Å². The zero-order valence-corrected chi connectivity index (χ0v) is 13.1. The van der Waals surface area contributed by atoms with Crippen LogP contribution in [0.3, 0.4) is 0 Å². The fourth-order valence-electron chi connectivity index (χ4n) is 1.90. The van der Waals surface area contributed by atoms with E-state index in [4.69, 9.17) is 0 Å². The lowest BCUT2D eigenvalue weighted by Crippen LogP contribution is -2.21. The third kappa shape index (κ3) is 2.50. The summed E-state index contributed by atoms with van der Waals surface area (Å²) in [6.07, 6.45) is 1.73. The van der Waals surface area contributed by atoms with E-state index in [0.29, 0.717) is 4.47 Å². The molecule has 0 fully saturated rings. The molecule has 0 amide bonds. The van der Waals surface area contributed by atoms with Gasteiger partial charge in [-0.15, -0.1) is 0 Å². The summed E-state index contributed by atoms with van der Waals surface area (Å²) in [5, 5.41) is 7.35. The van der Waals surface area contributed by atoms with E-state index in [1.165, 1.54) is 6.07 Å². The monoisotopic (exact) mass is 375 g/mol. The van der Waals surface area contributed by atoms with Crippen molar-refractivity contribution in [1.29, 1.82) is 0 Å². The van der Waals surface area contributed by atoms with Gasteiger partial charge in [-0.25, -0.2) is 4.39 Å². The number of nitrogens with zero attached hydrogens (tertiary/aromatic N) is 2. The Bertz CT molecular complexity index is 549. The van der Waals surface area contributed by atoms with Gasteiger partial charge in [0.05, 0.1) is 26.9 Å². The first-order valence-electron chi connectivity index (χ1n) is 5.34. The summed E-state index contributed by atoms with van der Waals surface area (Å²) in [4.78, 5) is 0. The number of aryl methyl sites for hydroxylation is 1. The van der Waals surface area contributed by atoms with E-state index in [1.54, 1.807) is 16.9 Å². The molecular formula is C12H12Br2FN3. The lowest BCUT2D eigenvalue weighted by Gasteiger charge is -2.18. The number of halogens is 3. The lowest BCUT2D eigenvalue weighted by atomic mass is 10.0. The van der Waals surface area contributed by atoms with Crippen molar-refractivity contribution in [3.05, 3.63) is 50.4 Å². The molecule has 2 aromatic rings. The van der Waals surface area contributed by atoms with Gasteiger partial charge in [-0.05, 0) is 56.6 Å². The van der Waals surface area contributed by atoms with E-state index in [0.717, 1.165) is 15.7 Å². The molecule has 96 valence electrons. The van der Waals surface area contributed by atoms with Gasteiger partial charge >= 0.3 is 0 Å². The second kappa shape index (κ2) is 5.50. The van der Waals surface area contributed by atoms with Gasteiger partial charge < -0.3 is 5.32 Å². The third-order valence-electron chi connectivity index (χ3n) is 2.78. The summed E-state index contributed by atoms with van der Waals surface area (Å²) in [7, 11) is 3.70. The summed E-state index contributed by atoms with van der Waals surface area (Å²) in [6.45, 7) is 0. The van der Waals surface area contributed by atoms with Crippen molar-refractivity contribution in [2.75, 3.05) is 7.05 Å². The molecule has 1 unspecified atom stereocenters. The Balaban J connectivity index is 2.48. The third-order valence-corrected chi connectivity index (χ3v) is 4.03. The Morgan fingerprint density at radius 2 is 2.06 bits per heavy atom. The molecule has 2 rings (SSSR count). The Morgan fingerprint density at radius 3 is 2.56 bits per heavy atom. The number of benzene rings is 1. The molecule has 1 aromatic carbocycles. The van der Waals surface area contributed by atoms with E-state index in [2.05, 4.69) is 42.3 Å². The fraction of sp³-hybridized carbons (Fsp3) is 0.250. The van der Waals surface area contributed by atoms with Gasteiger partial charge in [0.2, 0.25) is 0 Å². The summed E-state index contributed by atoms with van der Waals surface area (Å²) < 4.78 is 16.7. The highest BCUT2D eigenvalue weighted by Crippen LogP contribution is 2.29. The van der Waals surface area contributed by atoms with E-state index in [9.17, 15) is 4.39 Å². The second-order valence-electron chi connectivity index (χ2n) is 3.90. The highest BCUT2D eigenvalue weighted by molar-refractivity contribution is 9.10. The first-order chi connectivity index (χ1) is 8.54. The van der Waals surface area contributed by atoms with Crippen LogP contribution in [0.1, 0.15) is 17.3 Å². The van der Waals surface area contributed by atoms with Crippen molar-refractivity contribution < 1.29 is 4.39 Å². The predicted molar refractivity (Wildman–Crippen MR) is 75.9 cm³/mol. The molecule has 1 atom stereocenters. The van der Waals surface area contributed by atoms with Crippen molar-refractivity contribution in [3.63, 3.8) is 0 Å². The van der Waals surface area contributed by atoms with Gasteiger partial charge in [0.1, 0.15) is 5.82 Å². The van der Waals surface area contributed by atoms with E-state index in [1.807, 2.05) is 20.2 Å². The lowest BCUT2D eigenvalue weighted by molar-refractivity contribution is 0.587. The number of rotatable bonds is 3. The molecular weight excluding hydrogens is 365 g/mol. The van der Waals surface area contributed by atoms with Crippen LogP contribution in [-0.2, 0) is 7.05 Å². The summed E-state index contributed by atoms with van der Waals surface area (Å²) in [6, 6.07) is 4.99. The molecule has 18 heavy (non-hydrogen) atoms. The fourth-order valence-corrected chi connectivity index (χ4v) is 2.72. The molecule has 1 aromatic heterocycles. The normalized spacial score (nSPS) is 12.7. The van der Waals surface area contributed by atoms with Crippen LogP contribution in [0.5, 0.6) is 0 Å². The zero-order chi connectivity index (χ0) is 13.3. The Labute approximate surface area is 122 Å². The highest BCUT2D eigenvalue weighted by Gasteiger charge is 2.20. The first-order valence-corrected chi connectivity index (χ1v) is 6.92. The van der Waals surface area contributed by atoms with Crippen LogP contribution in [0.25, 0.3) is 0 Å². The molecule has 1 heterocycles. The van der Waals surface area contributed by atoms with Crippen molar-refractivity contribution in [3.8, 4) is 0 Å². The molecule has 0 radical (unpaired) electrons. The summed E-state index contributed by atoms with van der Waals surface area (Å²) in [5.41, 5.74) is 1.81. The van der Waals surface area contributed by atoms with Crippen LogP contribution in [0.2, 0.25) is 0 Å². The maximum absolute atomic E-state index is 13.6. The minimum absolute atomic E-state index is 0.116. The molecule has 0 aliphatic carbocycles. The number of nitrogens with one attached hydrogen (secondary N) is 1. The molecule has 6 heteroatoms. The van der Waals surface area contributed by atoms with E-state index < -0.39 is 0 Å². The first kappa shape index (κ1) is 13.7. The Kier molecular flexibility index (Phi) is 4.19. The van der Waals surface area contributed by atoms with Gasteiger partial charge in [0.25, 0.3) is 0 Å². The molecule has 0 aliphatic rings. The zero-order valence-electron chi connectivity index (χ0n) is 9.92. The predicted octanol–water partition coefficient (Wildman–Crippen LogP) is 3.39. The second-order valence-corrected chi connectivity index (χ2v) is 5.61. The molecule has 0 bridgehead atoms. The van der Waals surface area contributed by atoms with Crippen molar-refractivity contribution >= 4 is 31.9 Å². The van der Waals surface area contributed by atoms with Gasteiger partial charge in [0, 0.05) is 7.05 Å². The number of aromatic nitrogens is 2. The van der Waals surface area contributed by atoms with Crippen LogP contribution >= 0.6 is 31.9 Å². The molecule has 0 saturated heterocycles. The molecule has 0 spiro atoms. The standard InChI is InChI=1S/C12H12Br2FN3/c1-16-11(12-9(14)6-17-18(12)2)7-3-4-8(13)10(15)5-7/h3-6,11,16H,1-2H3. The average molecular weight is 377 g/mol. The molecule has 0 aliphatic heterocycles. The van der Waals surface area contributed by atoms with Gasteiger partial charge in [-0.2, -0.15) is 5.10 Å². The number of hydrogen-bond donors (Lipinski definition) is 1. The van der Waals surface area contributed by atoms with Crippen molar-refractivity contribution in [1.82, 2.24) is 15.1 Å². The quantitative estimate of drug-likeness (QED) is 0.889. The Morgan fingerprint density at radius 1 is 1.33 bits per heavy atom. The minimum atomic E-state index is -0.272. The van der Waals surface area contributed by atoms with Crippen LogP contribution in [0.15, 0.2) is 33.3 Å². The largest absolute Gasteiger partial charge is 0.308 e. The maximum Gasteiger partial charge on any atom is 0.137 e. The van der Waals surface area contributed by atoms with Crippen LogP contribution < -0.4 is 5.32 Å². The minimum Gasteiger partial charge on any atom is -0.308 e. The van der Waals surface area contributed by atoms with Gasteiger partial charge in [-0.3, -0.25) is 4.68 Å². The van der Waals surface area contributed by atoms with Crippen LogP contribution in [-0.4, -0.2) is 16.8 Å². The number of hydrogen-bond acceptors (Lipinski definition) is 2. The molecule has 1 N–H and O–H groups in total. The summed E-state index contributed by atoms with van der Waals surface area (Å²) >= 11 is 6.62. The van der Waals surface area contributed by atoms with E-state index >= 15 is 0 Å². The van der Waals surface area contributed by atoms with E-state index in [-0.39, 0.29) is 11.9 Å². The average Bonchev–Trinajstić information content (AvgIpc) is 2.66. The van der Waals surface area contributed by atoms with Crippen molar-refractivity contribution in [2.24, 2.45) is 7.05 Å². The molecule has 3 nitrogen and oxygen atoms in total. The topological polar surface area (TPSA) is 29.9 Å². The maximum atomic E-state index is 13.6. The van der Waals surface area contributed by atoms with Crippen molar-refractivity contribution in [2.45, 2.75) is 6.04 Å². The smallest absolute Gasteiger partial charge is 0.137 e. The Hall–Kier alpha value is -0.720. The SMILES string of the molecule is CNC(c1ccc(Br)c(F)c1)c1c(Br)cnn1C.